The molecule has 0 nitrogen and oxygen atoms in total. The molecule has 14 heavy (non-hydrogen) atoms. The van der Waals surface area contributed by atoms with Crippen LogP contribution in [0.1, 0.15) is 47.7 Å². The first-order chi connectivity index (χ1) is 6.81. The molecule has 0 saturated carbocycles. The lowest BCUT2D eigenvalue weighted by atomic mass is 10.0. The van der Waals surface area contributed by atoms with E-state index in [0.717, 1.165) is 0 Å². The highest BCUT2D eigenvalue weighted by molar-refractivity contribution is 9.09. The minimum absolute atomic E-state index is 0.554. The molecule has 0 spiro atoms. The Morgan fingerprint density at radius 3 is 2.86 bits per heavy atom. The molecule has 0 heterocycles. The van der Waals surface area contributed by atoms with E-state index < -0.39 is 0 Å². The maximum absolute atomic E-state index is 3.75. The Bertz CT molecular complexity index is 317. The second-order valence-electron chi connectivity index (χ2n) is 4.14. The molecule has 1 aromatic rings. The molecule has 0 aromatic heterocycles. The average molecular weight is 253 g/mol. The van der Waals surface area contributed by atoms with Gasteiger partial charge in [-0.1, -0.05) is 47.5 Å². The second-order valence-corrected chi connectivity index (χ2v) is 5.24. The molecule has 1 atom stereocenters. The summed E-state index contributed by atoms with van der Waals surface area (Å²) in [5, 5.41) is 0. The number of aryl methyl sites for hydroxylation is 2. The van der Waals surface area contributed by atoms with Crippen LogP contribution in [0, 0.1) is 0 Å². The standard InChI is InChI=1S/C13H17Br/c1-2-4-13(14)12-8-7-10-5-3-6-11(10)9-12/h7-9,13H,2-6H2,1H3. The van der Waals surface area contributed by atoms with Crippen molar-refractivity contribution in [1.29, 1.82) is 0 Å². The predicted molar refractivity (Wildman–Crippen MR) is 65.0 cm³/mol. The Morgan fingerprint density at radius 2 is 2.07 bits per heavy atom. The van der Waals surface area contributed by atoms with Gasteiger partial charge in [0.15, 0.2) is 0 Å². The monoisotopic (exact) mass is 252 g/mol. The minimum Gasteiger partial charge on any atom is -0.0839 e. The molecule has 0 saturated heterocycles. The van der Waals surface area contributed by atoms with Crippen molar-refractivity contribution < 1.29 is 0 Å². The third kappa shape index (κ3) is 2.03. The third-order valence-corrected chi connectivity index (χ3v) is 4.01. The zero-order valence-electron chi connectivity index (χ0n) is 8.72. The Hall–Kier alpha value is -0.300. The van der Waals surface area contributed by atoms with Crippen molar-refractivity contribution >= 4 is 15.9 Å². The molecule has 76 valence electrons. The molecule has 0 aliphatic heterocycles. The largest absolute Gasteiger partial charge is 0.0839 e. The Labute approximate surface area is 94.8 Å². The van der Waals surface area contributed by atoms with E-state index in [1.165, 1.54) is 37.7 Å². The molecule has 0 N–H and O–H groups in total. The smallest absolute Gasteiger partial charge is 0.0395 e. The molecule has 1 unspecified atom stereocenters. The lowest BCUT2D eigenvalue weighted by molar-refractivity contribution is 0.787. The van der Waals surface area contributed by atoms with Crippen LogP contribution in [0.3, 0.4) is 0 Å². The predicted octanol–water partition coefficient (Wildman–Crippen LogP) is 4.41. The highest BCUT2D eigenvalue weighted by atomic mass is 79.9. The van der Waals surface area contributed by atoms with E-state index in [1.807, 2.05) is 0 Å². The van der Waals surface area contributed by atoms with Gasteiger partial charge in [-0.25, -0.2) is 0 Å². The van der Waals surface area contributed by atoms with Crippen LogP contribution in [0.5, 0.6) is 0 Å². The summed E-state index contributed by atoms with van der Waals surface area (Å²) in [5.41, 5.74) is 4.63. The zero-order chi connectivity index (χ0) is 9.97. The number of halogens is 1. The van der Waals surface area contributed by atoms with E-state index in [9.17, 15) is 0 Å². The number of rotatable bonds is 3. The fourth-order valence-corrected chi connectivity index (χ4v) is 2.95. The van der Waals surface area contributed by atoms with E-state index in [1.54, 1.807) is 11.1 Å². The molecule has 1 aromatic carbocycles. The van der Waals surface area contributed by atoms with Gasteiger partial charge in [0.2, 0.25) is 0 Å². The third-order valence-electron chi connectivity index (χ3n) is 3.03. The van der Waals surface area contributed by atoms with Gasteiger partial charge in [0.25, 0.3) is 0 Å². The number of hydrogen-bond acceptors (Lipinski definition) is 0. The van der Waals surface area contributed by atoms with Crippen LogP contribution in [-0.2, 0) is 12.8 Å². The van der Waals surface area contributed by atoms with E-state index in [-0.39, 0.29) is 0 Å². The van der Waals surface area contributed by atoms with Gasteiger partial charge in [-0.05, 0) is 42.4 Å². The molecule has 2 rings (SSSR count). The molecule has 1 aliphatic rings. The van der Waals surface area contributed by atoms with Crippen LogP contribution in [-0.4, -0.2) is 0 Å². The maximum atomic E-state index is 3.75. The first kappa shape index (κ1) is 10.2. The van der Waals surface area contributed by atoms with E-state index in [4.69, 9.17) is 0 Å². The van der Waals surface area contributed by atoms with Crippen molar-refractivity contribution in [3.05, 3.63) is 34.9 Å². The van der Waals surface area contributed by atoms with Gasteiger partial charge in [-0.15, -0.1) is 0 Å². The van der Waals surface area contributed by atoms with Crippen LogP contribution < -0.4 is 0 Å². The maximum Gasteiger partial charge on any atom is 0.0395 e. The van der Waals surface area contributed by atoms with E-state index in [2.05, 4.69) is 41.1 Å². The van der Waals surface area contributed by atoms with Crippen molar-refractivity contribution in [1.82, 2.24) is 0 Å². The van der Waals surface area contributed by atoms with Crippen LogP contribution in [0.4, 0.5) is 0 Å². The van der Waals surface area contributed by atoms with Crippen molar-refractivity contribution in [2.75, 3.05) is 0 Å². The molecular formula is C13H17Br. The van der Waals surface area contributed by atoms with Crippen LogP contribution in [0.25, 0.3) is 0 Å². The Balaban J connectivity index is 2.19. The average Bonchev–Trinajstić information content (AvgIpc) is 2.64. The molecule has 0 fully saturated rings. The van der Waals surface area contributed by atoms with Gasteiger partial charge in [0.1, 0.15) is 0 Å². The molecule has 1 aliphatic carbocycles. The molecule has 1 heteroatoms. The van der Waals surface area contributed by atoms with Crippen molar-refractivity contribution in [2.24, 2.45) is 0 Å². The van der Waals surface area contributed by atoms with Gasteiger partial charge < -0.3 is 0 Å². The summed E-state index contributed by atoms with van der Waals surface area (Å²) >= 11 is 3.75. The fraction of sp³-hybridized carbons (Fsp3) is 0.538. The van der Waals surface area contributed by atoms with E-state index in [0.29, 0.717) is 4.83 Å². The topological polar surface area (TPSA) is 0 Å². The van der Waals surface area contributed by atoms with Crippen molar-refractivity contribution in [3.8, 4) is 0 Å². The Kier molecular flexibility index (Phi) is 3.27. The number of alkyl halides is 1. The summed E-state index contributed by atoms with van der Waals surface area (Å²) in [6.07, 6.45) is 6.40. The van der Waals surface area contributed by atoms with Gasteiger partial charge in [0.05, 0.1) is 0 Å². The SMILES string of the molecule is CCCC(Br)c1ccc2c(c1)CCC2. The summed E-state index contributed by atoms with van der Waals surface area (Å²) in [4.78, 5) is 0.554. The fourth-order valence-electron chi connectivity index (χ4n) is 2.21. The van der Waals surface area contributed by atoms with Crippen molar-refractivity contribution in [2.45, 2.75) is 43.9 Å². The zero-order valence-corrected chi connectivity index (χ0v) is 10.3. The number of benzene rings is 1. The number of hydrogen-bond donors (Lipinski definition) is 0. The van der Waals surface area contributed by atoms with Crippen LogP contribution >= 0.6 is 15.9 Å². The highest BCUT2D eigenvalue weighted by Gasteiger charge is 2.13. The first-order valence-corrected chi connectivity index (χ1v) is 6.48. The molecular weight excluding hydrogens is 236 g/mol. The highest BCUT2D eigenvalue weighted by Crippen LogP contribution is 2.31. The van der Waals surface area contributed by atoms with Gasteiger partial charge in [-0.2, -0.15) is 0 Å². The van der Waals surface area contributed by atoms with E-state index >= 15 is 0 Å². The summed E-state index contributed by atoms with van der Waals surface area (Å²) in [5.74, 6) is 0. The quantitative estimate of drug-likeness (QED) is 0.700. The number of fused-ring (bicyclic) bond motifs is 1. The molecule has 0 radical (unpaired) electrons. The van der Waals surface area contributed by atoms with Crippen LogP contribution in [0.15, 0.2) is 18.2 Å². The lowest BCUT2D eigenvalue weighted by Gasteiger charge is -2.10. The normalized spacial score (nSPS) is 16.7. The van der Waals surface area contributed by atoms with Gasteiger partial charge in [0, 0.05) is 4.83 Å². The summed E-state index contributed by atoms with van der Waals surface area (Å²) in [7, 11) is 0. The van der Waals surface area contributed by atoms with Gasteiger partial charge in [-0.3, -0.25) is 0 Å². The minimum atomic E-state index is 0.554. The molecule has 0 bridgehead atoms. The van der Waals surface area contributed by atoms with Crippen LogP contribution in [0.2, 0.25) is 0 Å². The second kappa shape index (κ2) is 4.48. The lowest BCUT2D eigenvalue weighted by Crippen LogP contribution is -1.92. The molecule has 0 amide bonds. The Morgan fingerprint density at radius 1 is 1.29 bits per heavy atom. The summed E-state index contributed by atoms with van der Waals surface area (Å²) in [6.45, 7) is 2.24. The van der Waals surface area contributed by atoms with Crippen molar-refractivity contribution in [3.63, 3.8) is 0 Å². The van der Waals surface area contributed by atoms with Gasteiger partial charge >= 0.3 is 0 Å². The summed E-state index contributed by atoms with van der Waals surface area (Å²) in [6, 6.07) is 7.01. The summed E-state index contributed by atoms with van der Waals surface area (Å²) < 4.78 is 0. The first-order valence-electron chi connectivity index (χ1n) is 5.57.